The van der Waals surface area contributed by atoms with Crippen LogP contribution in [0, 0.1) is 0 Å². The highest BCUT2D eigenvalue weighted by Crippen LogP contribution is 2.23. The van der Waals surface area contributed by atoms with Crippen molar-refractivity contribution in [2.75, 3.05) is 46.5 Å². The van der Waals surface area contributed by atoms with E-state index in [1.807, 2.05) is 0 Å². The summed E-state index contributed by atoms with van der Waals surface area (Å²) < 4.78 is 20.9. The van der Waals surface area contributed by atoms with Gasteiger partial charge in [-0.1, -0.05) is 131 Å². The third-order valence-corrected chi connectivity index (χ3v) is 11.6. The van der Waals surface area contributed by atoms with Gasteiger partial charge in [-0.25, -0.2) is 0 Å². The van der Waals surface area contributed by atoms with Crippen LogP contribution in [0.25, 0.3) is 0 Å². The van der Waals surface area contributed by atoms with Gasteiger partial charge in [-0.3, -0.25) is 0 Å². The van der Waals surface area contributed by atoms with Crippen LogP contribution in [0.1, 0.15) is 182 Å². The van der Waals surface area contributed by atoms with Gasteiger partial charge in [0.25, 0.3) is 0 Å². The van der Waals surface area contributed by atoms with E-state index >= 15 is 0 Å². The minimum atomic E-state index is -2.64. The van der Waals surface area contributed by atoms with Gasteiger partial charge in [0.05, 0.1) is 26.7 Å². The second-order valence-corrected chi connectivity index (χ2v) is 15.9. The van der Waals surface area contributed by atoms with Crippen LogP contribution >= 0.6 is 0 Å². The van der Waals surface area contributed by atoms with E-state index in [0.717, 1.165) is 70.8 Å². The van der Waals surface area contributed by atoms with Gasteiger partial charge < -0.3 is 30.2 Å². The molecule has 0 atom stereocenters. The maximum Gasteiger partial charge on any atom is 0.501 e. The molecule has 0 aromatic carbocycles. The number of rotatable bonds is 34. The first-order chi connectivity index (χ1) is 20.0. The molecule has 0 aromatic heterocycles. The number of unbranched alkanes of at least 4 members (excludes halogenated alkanes) is 17. The summed E-state index contributed by atoms with van der Waals surface area (Å²) in [5.41, 5.74) is 0. The monoisotopic (exact) mass is 636 g/mol. The third-order valence-electron chi connectivity index (χ3n) is 8.74. The predicted octanol–water partition coefficient (Wildman–Crippen LogP) is 8.50. The van der Waals surface area contributed by atoms with E-state index in [-0.39, 0.29) is 12.4 Å². The summed E-state index contributed by atoms with van der Waals surface area (Å²) in [7, 11) is -0.0959. The van der Waals surface area contributed by atoms with Crippen LogP contribution in [0.2, 0.25) is 6.04 Å². The molecule has 0 N–H and O–H groups in total. The zero-order chi connectivity index (χ0) is 30.3. The van der Waals surface area contributed by atoms with Crippen LogP contribution in [-0.4, -0.2) is 59.8 Å². The van der Waals surface area contributed by atoms with Crippen molar-refractivity contribution in [2.24, 2.45) is 0 Å². The lowest BCUT2D eigenvalue weighted by Gasteiger charge is -2.36. The lowest BCUT2D eigenvalue weighted by atomic mass is 10.1. The van der Waals surface area contributed by atoms with E-state index in [9.17, 15) is 0 Å². The molecule has 0 saturated heterocycles. The summed E-state index contributed by atoms with van der Waals surface area (Å²) >= 11 is 0. The van der Waals surface area contributed by atoms with Gasteiger partial charge in [-0.15, -0.1) is 0 Å². The van der Waals surface area contributed by atoms with Crippen LogP contribution in [0.15, 0.2) is 0 Å². The highest BCUT2D eigenvalue weighted by molar-refractivity contribution is 6.60. The minimum absolute atomic E-state index is 0. The molecule has 0 aliphatic rings. The summed E-state index contributed by atoms with van der Waals surface area (Å²) in [6.07, 6.45) is 30.3. The number of nitrogens with zero attached hydrogens (tertiary/aromatic N) is 1. The number of hydrogen-bond acceptors (Lipinski definition) is 3. The molecular formula is C36H78ClNO3Si. The quantitative estimate of drug-likeness (QED) is 0.0403. The summed E-state index contributed by atoms with van der Waals surface area (Å²) in [5.74, 6) is 0. The van der Waals surface area contributed by atoms with Gasteiger partial charge in [0.15, 0.2) is 0 Å². The Kier molecular flexibility index (Phi) is 34.7. The Morgan fingerprint density at radius 1 is 0.381 bits per heavy atom. The Labute approximate surface area is 273 Å². The zero-order valence-corrected chi connectivity index (χ0v) is 31.5. The smallest absolute Gasteiger partial charge is 0.501 e. The Balaban J connectivity index is 0. The van der Waals surface area contributed by atoms with E-state index in [1.165, 1.54) is 127 Å². The summed E-state index contributed by atoms with van der Waals surface area (Å²) in [6.45, 7) is 17.6. The molecule has 0 rings (SSSR count). The van der Waals surface area contributed by atoms with Gasteiger partial charge in [-0.2, -0.15) is 0 Å². The summed E-state index contributed by atoms with van der Waals surface area (Å²) in [6, 6.07) is 0.979. The van der Waals surface area contributed by atoms with E-state index in [4.69, 9.17) is 13.3 Å². The Morgan fingerprint density at radius 2 is 0.667 bits per heavy atom. The second kappa shape index (κ2) is 32.7. The van der Waals surface area contributed by atoms with Crippen molar-refractivity contribution in [3.05, 3.63) is 0 Å². The lowest BCUT2D eigenvalue weighted by Crippen LogP contribution is -3.00. The average Bonchev–Trinajstić information content (AvgIpc) is 2.96. The molecule has 0 bridgehead atoms. The molecule has 0 aromatic rings. The highest BCUT2D eigenvalue weighted by atomic mass is 35.5. The molecule has 42 heavy (non-hydrogen) atoms. The normalized spacial score (nSPS) is 12.1. The van der Waals surface area contributed by atoms with Crippen molar-refractivity contribution in [1.29, 1.82) is 0 Å². The van der Waals surface area contributed by atoms with Crippen molar-refractivity contribution in [3.63, 3.8) is 0 Å². The average molecular weight is 637 g/mol. The van der Waals surface area contributed by atoms with Crippen LogP contribution < -0.4 is 12.4 Å². The fourth-order valence-corrected chi connectivity index (χ4v) is 8.37. The van der Waals surface area contributed by atoms with E-state index < -0.39 is 8.80 Å². The Hall–Kier alpha value is 0.347. The van der Waals surface area contributed by atoms with Crippen LogP contribution in [0.4, 0.5) is 0 Å². The Bertz CT molecular complexity index is 479. The third kappa shape index (κ3) is 26.7. The van der Waals surface area contributed by atoms with Crippen molar-refractivity contribution in [3.8, 4) is 0 Å². The molecule has 4 nitrogen and oxygen atoms in total. The summed E-state index contributed by atoms with van der Waals surface area (Å²) in [5, 5.41) is 0. The molecule has 256 valence electrons. The van der Waals surface area contributed by atoms with Gasteiger partial charge >= 0.3 is 8.80 Å². The molecule has 0 heterocycles. The van der Waals surface area contributed by atoms with Crippen LogP contribution in [-0.2, 0) is 13.3 Å². The minimum Gasteiger partial charge on any atom is -1.00 e. The molecule has 0 spiro atoms. The standard InChI is InChI=1S/C36H78NO3Si.ClH/c1-7-12-17-19-21-23-25-27-30-37(6,31-28-26-24-22-20-18-13-8-2)32-29-36-41(38-33-14-9-3,39-34-15-10-4)40-35-16-11-5;/h7-36H2,1-6H3;1H/q+1;/p-1. The molecular weight excluding hydrogens is 558 g/mol. The first kappa shape index (κ1) is 44.5. The molecule has 0 fully saturated rings. The van der Waals surface area contributed by atoms with Crippen molar-refractivity contribution >= 4 is 8.80 Å². The predicted molar refractivity (Wildman–Crippen MR) is 184 cm³/mol. The van der Waals surface area contributed by atoms with Crippen LogP contribution in [0.5, 0.6) is 0 Å². The van der Waals surface area contributed by atoms with Crippen molar-refractivity contribution in [1.82, 2.24) is 0 Å². The number of hydrogen-bond donors (Lipinski definition) is 0. The van der Waals surface area contributed by atoms with E-state index in [0.29, 0.717) is 0 Å². The van der Waals surface area contributed by atoms with Gasteiger partial charge in [0.1, 0.15) is 0 Å². The molecule has 0 radical (unpaired) electrons. The molecule has 0 unspecified atom stereocenters. The topological polar surface area (TPSA) is 27.7 Å². The molecule has 0 saturated carbocycles. The first-order valence-electron chi connectivity index (χ1n) is 18.8. The van der Waals surface area contributed by atoms with Crippen molar-refractivity contribution in [2.45, 2.75) is 188 Å². The zero-order valence-electron chi connectivity index (χ0n) is 29.8. The van der Waals surface area contributed by atoms with Gasteiger partial charge in [0.2, 0.25) is 0 Å². The maximum absolute atomic E-state index is 6.57. The number of halogens is 1. The molecule has 0 amide bonds. The second-order valence-electron chi connectivity index (χ2n) is 13.1. The van der Waals surface area contributed by atoms with Crippen molar-refractivity contribution < 1.29 is 30.2 Å². The highest BCUT2D eigenvalue weighted by Gasteiger charge is 2.41. The molecule has 0 aliphatic heterocycles. The number of quaternary nitrogens is 1. The fourth-order valence-electron chi connectivity index (χ4n) is 5.73. The lowest BCUT2D eigenvalue weighted by molar-refractivity contribution is -0.910. The SMILES string of the molecule is CCCCCCCCCC[N+](C)(CCCCCCCCCC)CCC[Si](OCCCC)(OCCCC)OCCCC.[Cl-]. The molecule has 0 aliphatic carbocycles. The maximum atomic E-state index is 6.57. The largest absolute Gasteiger partial charge is 1.00 e. The summed E-state index contributed by atoms with van der Waals surface area (Å²) in [4.78, 5) is 0. The van der Waals surface area contributed by atoms with E-state index in [2.05, 4.69) is 41.7 Å². The first-order valence-corrected chi connectivity index (χ1v) is 20.7. The fraction of sp³-hybridized carbons (Fsp3) is 1.00. The van der Waals surface area contributed by atoms with Crippen LogP contribution in [0.3, 0.4) is 0 Å². The Morgan fingerprint density at radius 3 is 1.00 bits per heavy atom. The van der Waals surface area contributed by atoms with Gasteiger partial charge in [-0.05, 0) is 44.9 Å². The van der Waals surface area contributed by atoms with Gasteiger partial charge in [0, 0.05) is 32.3 Å². The van der Waals surface area contributed by atoms with E-state index in [1.54, 1.807) is 0 Å². The molecule has 6 heteroatoms.